The number of amides is 2. The summed E-state index contributed by atoms with van der Waals surface area (Å²) < 4.78 is 10.6. The molecule has 1 aromatic carbocycles. The third kappa shape index (κ3) is 8.98. The lowest BCUT2D eigenvalue weighted by Gasteiger charge is -2.19. The van der Waals surface area contributed by atoms with E-state index in [1.807, 2.05) is 24.3 Å². The molecule has 6 nitrogen and oxygen atoms in total. The van der Waals surface area contributed by atoms with Crippen LogP contribution in [0.4, 0.5) is 4.79 Å². The van der Waals surface area contributed by atoms with Gasteiger partial charge in [-0.05, 0) is 43.9 Å². The fraction of sp³-hybridized carbons (Fsp3) is 0.579. The minimum Gasteiger partial charge on any atom is -0.492 e. The van der Waals surface area contributed by atoms with Gasteiger partial charge in [-0.25, -0.2) is 4.79 Å². The highest BCUT2D eigenvalue weighted by Crippen LogP contribution is 2.24. The van der Waals surface area contributed by atoms with Crippen LogP contribution in [0, 0.1) is 0 Å². The molecule has 0 aliphatic heterocycles. The normalized spacial score (nSPS) is 11.6. The Balaban J connectivity index is 2.22. The largest absolute Gasteiger partial charge is 0.492 e. The molecule has 0 radical (unpaired) electrons. The molecule has 1 aromatic rings. The van der Waals surface area contributed by atoms with Crippen molar-refractivity contribution in [3.8, 4) is 5.75 Å². The minimum atomic E-state index is -0.613. The van der Waals surface area contributed by atoms with Crippen LogP contribution >= 0.6 is 0 Å². The lowest BCUT2D eigenvalue weighted by Crippen LogP contribution is -2.40. The van der Waals surface area contributed by atoms with Gasteiger partial charge in [0.2, 0.25) is 5.91 Å². The van der Waals surface area contributed by atoms with Crippen LogP contribution in [-0.2, 0) is 14.9 Å². The third-order valence-corrected chi connectivity index (χ3v) is 3.21. The van der Waals surface area contributed by atoms with Crippen LogP contribution in [0.1, 0.15) is 47.1 Å². The predicted molar refractivity (Wildman–Crippen MR) is 97.9 cm³/mol. The molecular weight excluding hydrogens is 320 g/mol. The fourth-order valence-corrected chi connectivity index (χ4v) is 1.94. The number of ether oxygens (including phenoxy) is 2. The standard InChI is InChI=1S/C19H30N2O4/c1-18(2,3)14-7-9-15(10-8-14)24-12-11-20-16(22)13-21-17(23)25-19(4,5)6/h7-10H,11-13H2,1-6H3,(H,20,22)(H,21,23). The molecule has 0 aromatic heterocycles. The second-order valence-corrected chi connectivity index (χ2v) is 7.83. The number of alkyl carbamates (subject to hydrolysis) is 1. The fourth-order valence-electron chi connectivity index (χ4n) is 1.94. The van der Waals surface area contributed by atoms with Crippen molar-refractivity contribution in [3.05, 3.63) is 29.8 Å². The Morgan fingerprint density at radius 2 is 1.56 bits per heavy atom. The van der Waals surface area contributed by atoms with Gasteiger partial charge in [0.05, 0.1) is 13.1 Å². The van der Waals surface area contributed by atoms with Gasteiger partial charge in [-0.2, -0.15) is 0 Å². The molecule has 2 N–H and O–H groups in total. The number of benzene rings is 1. The molecule has 0 atom stereocenters. The molecule has 0 unspecified atom stereocenters. The minimum absolute atomic E-state index is 0.105. The Morgan fingerprint density at radius 3 is 2.08 bits per heavy atom. The Morgan fingerprint density at radius 1 is 0.960 bits per heavy atom. The monoisotopic (exact) mass is 350 g/mol. The molecule has 25 heavy (non-hydrogen) atoms. The Hall–Kier alpha value is -2.24. The maximum Gasteiger partial charge on any atom is 0.408 e. The molecule has 0 aliphatic carbocycles. The van der Waals surface area contributed by atoms with Crippen molar-refractivity contribution < 1.29 is 19.1 Å². The average Bonchev–Trinajstić information content (AvgIpc) is 2.47. The molecular formula is C19H30N2O4. The van der Waals surface area contributed by atoms with Gasteiger partial charge in [-0.3, -0.25) is 4.79 Å². The predicted octanol–water partition coefficient (Wildman–Crippen LogP) is 3.00. The summed E-state index contributed by atoms with van der Waals surface area (Å²) in [5.74, 6) is 0.465. The Bertz CT molecular complexity index is 569. The molecule has 0 fully saturated rings. The SMILES string of the molecule is CC(C)(C)OC(=O)NCC(=O)NCCOc1ccc(C(C)(C)C)cc1. The van der Waals surface area contributed by atoms with Gasteiger partial charge < -0.3 is 20.1 Å². The highest BCUT2D eigenvalue weighted by atomic mass is 16.6. The smallest absolute Gasteiger partial charge is 0.408 e. The first kappa shape index (κ1) is 20.8. The van der Waals surface area contributed by atoms with Crippen molar-refractivity contribution in [1.82, 2.24) is 10.6 Å². The van der Waals surface area contributed by atoms with Crippen molar-refractivity contribution in [1.29, 1.82) is 0 Å². The first-order chi connectivity index (χ1) is 11.5. The van der Waals surface area contributed by atoms with Gasteiger partial charge in [0.1, 0.15) is 18.0 Å². The number of rotatable bonds is 6. The van der Waals surface area contributed by atoms with Crippen LogP contribution in [0.15, 0.2) is 24.3 Å². The quantitative estimate of drug-likeness (QED) is 0.773. The number of hydrogen-bond acceptors (Lipinski definition) is 4. The van der Waals surface area contributed by atoms with E-state index in [0.717, 1.165) is 5.75 Å². The van der Waals surface area contributed by atoms with Crippen molar-refractivity contribution in [3.63, 3.8) is 0 Å². The first-order valence-electron chi connectivity index (χ1n) is 8.44. The summed E-state index contributed by atoms with van der Waals surface area (Å²) in [6.07, 6.45) is -0.613. The summed E-state index contributed by atoms with van der Waals surface area (Å²) in [5, 5.41) is 5.08. The van der Waals surface area contributed by atoms with Crippen molar-refractivity contribution in [2.75, 3.05) is 19.7 Å². The maximum absolute atomic E-state index is 11.6. The maximum atomic E-state index is 11.6. The van der Waals surface area contributed by atoms with E-state index in [4.69, 9.17) is 9.47 Å². The van der Waals surface area contributed by atoms with Crippen molar-refractivity contribution in [2.45, 2.75) is 52.6 Å². The second-order valence-electron chi connectivity index (χ2n) is 7.83. The first-order valence-corrected chi connectivity index (χ1v) is 8.44. The topological polar surface area (TPSA) is 76.7 Å². The summed E-state index contributed by atoms with van der Waals surface area (Å²) in [5.41, 5.74) is 0.756. The lowest BCUT2D eigenvalue weighted by molar-refractivity contribution is -0.120. The molecule has 0 heterocycles. The van der Waals surface area contributed by atoms with Gasteiger partial charge in [-0.15, -0.1) is 0 Å². The molecule has 0 aliphatic rings. The molecule has 0 spiro atoms. The van der Waals surface area contributed by atoms with E-state index in [-0.39, 0.29) is 17.9 Å². The van der Waals surface area contributed by atoms with Crippen LogP contribution in [0.3, 0.4) is 0 Å². The molecule has 2 amide bonds. The number of carbonyl (C=O) groups excluding carboxylic acids is 2. The van der Waals surface area contributed by atoms with Crippen LogP contribution in [-0.4, -0.2) is 37.3 Å². The van der Waals surface area contributed by atoms with Crippen LogP contribution < -0.4 is 15.4 Å². The van der Waals surface area contributed by atoms with E-state index in [2.05, 4.69) is 31.4 Å². The molecule has 0 saturated heterocycles. The Kier molecular flexibility index (Phi) is 7.27. The zero-order valence-corrected chi connectivity index (χ0v) is 16.1. The summed E-state index contributed by atoms with van der Waals surface area (Å²) in [7, 11) is 0. The zero-order chi connectivity index (χ0) is 19.1. The van der Waals surface area contributed by atoms with E-state index in [1.54, 1.807) is 20.8 Å². The van der Waals surface area contributed by atoms with E-state index < -0.39 is 11.7 Å². The van der Waals surface area contributed by atoms with Crippen LogP contribution in [0.25, 0.3) is 0 Å². The van der Waals surface area contributed by atoms with Crippen LogP contribution in [0.5, 0.6) is 5.75 Å². The molecule has 0 saturated carbocycles. The van der Waals surface area contributed by atoms with Gasteiger partial charge >= 0.3 is 6.09 Å². The van der Waals surface area contributed by atoms with E-state index in [0.29, 0.717) is 13.2 Å². The van der Waals surface area contributed by atoms with Gasteiger partial charge in [0.15, 0.2) is 0 Å². The summed E-state index contributed by atoms with van der Waals surface area (Å²) >= 11 is 0. The molecule has 0 bridgehead atoms. The molecule has 1 rings (SSSR count). The molecule has 6 heteroatoms. The number of carbonyl (C=O) groups is 2. The number of hydrogen-bond donors (Lipinski definition) is 2. The van der Waals surface area contributed by atoms with E-state index in [9.17, 15) is 9.59 Å². The lowest BCUT2D eigenvalue weighted by atomic mass is 9.87. The Labute approximate surface area is 150 Å². The second kappa shape index (κ2) is 8.74. The van der Waals surface area contributed by atoms with Crippen molar-refractivity contribution in [2.24, 2.45) is 0 Å². The van der Waals surface area contributed by atoms with Gasteiger partial charge in [0.25, 0.3) is 0 Å². The van der Waals surface area contributed by atoms with E-state index in [1.165, 1.54) is 5.56 Å². The zero-order valence-electron chi connectivity index (χ0n) is 16.1. The summed E-state index contributed by atoms with van der Waals surface area (Å²) in [4.78, 5) is 23.1. The van der Waals surface area contributed by atoms with E-state index >= 15 is 0 Å². The van der Waals surface area contributed by atoms with Gasteiger partial charge in [0, 0.05) is 0 Å². The molecule has 140 valence electrons. The highest BCUT2D eigenvalue weighted by Gasteiger charge is 2.16. The number of nitrogens with one attached hydrogen (secondary N) is 2. The third-order valence-electron chi connectivity index (χ3n) is 3.21. The van der Waals surface area contributed by atoms with Gasteiger partial charge in [-0.1, -0.05) is 32.9 Å². The summed E-state index contributed by atoms with van der Waals surface area (Å²) in [6, 6.07) is 7.93. The van der Waals surface area contributed by atoms with Crippen molar-refractivity contribution >= 4 is 12.0 Å². The average molecular weight is 350 g/mol. The van der Waals surface area contributed by atoms with Crippen LogP contribution in [0.2, 0.25) is 0 Å². The summed E-state index contributed by atoms with van der Waals surface area (Å²) in [6.45, 7) is 12.3. The highest BCUT2D eigenvalue weighted by molar-refractivity contribution is 5.82.